The third kappa shape index (κ3) is 30.2. The van der Waals surface area contributed by atoms with Crippen LogP contribution in [0.25, 0.3) is 0 Å². The molecule has 0 aliphatic rings. The van der Waals surface area contributed by atoms with Gasteiger partial charge in [0, 0.05) is 20.0 Å². The predicted octanol–water partition coefficient (Wildman–Crippen LogP) is 10.3. The van der Waals surface area contributed by atoms with Gasteiger partial charge < -0.3 is 19.9 Å². The first kappa shape index (κ1) is 41.3. The topological polar surface area (TPSA) is 87.9 Å². The Hall–Kier alpha value is -1.66. The van der Waals surface area contributed by atoms with Gasteiger partial charge in [0.15, 0.2) is 0 Å². The highest BCUT2D eigenvalue weighted by molar-refractivity contribution is 5.69. The van der Waals surface area contributed by atoms with Crippen LogP contribution in [0.5, 0.6) is 0 Å². The molecular weight excluding hydrogens is 538 g/mol. The molecule has 0 fully saturated rings. The fourth-order valence-corrected chi connectivity index (χ4v) is 5.13. The Morgan fingerprint density at radius 2 is 0.907 bits per heavy atom. The number of carbonyl (C=O) groups is 2. The smallest absolute Gasteiger partial charge is 0.306 e. The lowest BCUT2D eigenvalue weighted by Crippen LogP contribution is -2.41. The minimum atomic E-state index is -0.541. The summed E-state index contributed by atoms with van der Waals surface area (Å²) in [6, 6.07) is 0. The molecule has 6 heteroatoms. The molecule has 0 aromatic rings. The van der Waals surface area contributed by atoms with Crippen molar-refractivity contribution < 1.29 is 23.8 Å². The number of esters is 2. The Bertz CT molecular complexity index is 692. The van der Waals surface area contributed by atoms with Gasteiger partial charge >= 0.3 is 11.9 Å². The molecule has 0 heterocycles. The van der Waals surface area contributed by atoms with Crippen LogP contribution in [0.3, 0.4) is 0 Å². The Morgan fingerprint density at radius 3 is 1.30 bits per heavy atom. The SMILES string of the molecule is CCCCCC/C=C/COC(=O)CCCCCCCCC(N)(CCCCCCCC(=O)OC/C=C/CCCCCC)OC. The lowest BCUT2D eigenvalue weighted by atomic mass is 9.97. The quantitative estimate of drug-likeness (QED) is 0.0354. The highest BCUT2D eigenvalue weighted by Gasteiger charge is 2.22. The summed E-state index contributed by atoms with van der Waals surface area (Å²) in [5.74, 6) is -0.178. The average molecular weight is 608 g/mol. The van der Waals surface area contributed by atoms with E-state index in [1.54, 1.807) is 7.11 Å². The highest BCUT2D eigenvalue weighted by atomic mass is 16.5. The van der Waals surface area contributed by atoms with E-state index in [1.807, 2.05) is 12.2 Å². The molecule has 0 rings (SSSR count). The monoisotopic (exact) mass is 608 g/mol. The molecular formula is C37H69NO5. The van der Waals surface area contributed by atoms with Gasteiger partial charge in [0.25, 0.3) is 0 Å². The van der Waals surface area contributed by atoms with Gasteiger partial charge in [0.1, 0.15) is 18.9 Å². The van der Waals surface area contributed by atoms with Crippen molar-refractivity contribution in [3.63, 3.8) is 0 Å². The largest absolute Gasteiger partial charge is 0.461 e. The molecule has 0 amide bonds. The Labute approximate surface area is 266 Å². The number of hydrogen-bond acceptors (Lipinski definition) is 6. The fourth-order valence-electron chi connectivity index (χ4n) is 5.13. The molecule has 1 atom stereocenters. The van der Waals surface area contributed by atoms with E-state index >= 15 is 0 Å². The summed E-state index contributed by atoms with van der Waals surface area (Å²) in [6.45, 7) is 5.24. The van der Waals surface area contributed by atoms with Crippen molar-refractivity contribution in [3.05, 3.63) is 24.3 Å². The summed E-state index contributed by atoms with van der Waals surface area (Å²) in [5, 5.41) is 0. The molecule has 0 spiro atoms. The molecule has 252 valence electrons. The van der Waals surface area contributed by atoms with Crippen LogP contribution >= 0.6 is 0 Å². The van der Waals surface area contributed by atoms with Crippen molar-refractivity contribution >= 4 is 11.9 Å². The van der Waals surface area contributed by atoms with Gasteiger partial charge in [-0.05, 0) is 64.2 Å². The third-order valence-electron chi connectivity index (χ3n) is 8.08. The zero-order valence-electron chi connectivity index (χ0n) is 28.5. The second kappa shape index (κ2) is 31.8. The number of ether oxygens (including phenoxy) is 3. The van der Waals surface area contributed by atoms with Crippen LogP contribution in [0.1, 0.15) is 174 Å². The lowest BCUT2D eigenvalue weighted by molar-refractivity contribution is -0.143. The highest BCUT2D eigenvalue weighted by Crippen LogP contribution is 2.22. The minimum Gasteiger partial charge on any atom is -0.461 e. The standard InChI is InChI=1S/C37H69NO5/c1-4-6-8-10-14-21-27-33-42-35(39)29-23-17-12-13-19-25-31-37(38,41-3)32-26-20-16-18-24-30-36(40)43-34-28-22-15-11-9-7-5-2/h21-22,27-28H,4-20,23-26,29-34,38H2,1-3H3/b27-21+,28-22+. The molecule has 43 heavy (non-hydrogen) atoms. The summed E-state index contributed by atoms with van der Waals surface area (Å²) in [4.78, 5) is 23.7. The summed E-state index contributed by atoms with van der Waals surface area (Å²) >= 11 is 0. The Balaban J connectivity index is 3.63. The van der Waals surface area contributed by atoms with Crippen molar-refractivity contribution in [1.29, 1.82) is 0 Å². The summed E-state index contributed by atoms with van der Waals surface area (Å²) < 4.78 is 16.3. The van der Waals surface area contributed by atoms with Gasteiger partial charge in [-0.1, -0.05) is 122 Å². The Morgan fingerprint density at radius 1 is 0.535 bits per heavy atom. The van der Waals surface area contributed by atoms with E-state index in [0.29, 0.717) is 26.1 Å². The molecule has 0 aliphatic heterocycles. The first-order chi connectivity index (χ1) is 21.0. The van der Waals surface area contributed by atoms with Crippen molar-refractivity contribution in [2.45, 2.75) is 180 Å². The molecule has 0 saturated heterocycles. The number of allylic oxidation sites excluding steroid dienone is 2. The van der Waals surface area contributed by atoms with Gasteiger partial charge in [-0.25, -0.2) is 0 Å². The van der Waals surface area contributed by atoms with Gasteiger partial charge in [-0.3, -0.25) is 9.59 Å². The maximum atomic E-state index is 11.9. The number of methoxy groups -OCH3 is 1. The number of nitrogens with two attached hydrogens (primary N) is 1. The van der Waals surface area contributed by atoms with Crippen LogP contribution in [0, 0.1) is 0 Å². The second-order valence-electron chi connectivity index (χ2n) is 12.2. The van der Waals surface area contributed by atoms with E-state index in [-0.39, 0.29) is 11.9 Å². The average Bonchev–Trinajstić information content (AvgIpc) is 3.00. The number of carbonyl (C=O) groups excluding carboxylic acids is 2. The van der Waals surface area contributed by atoms with Crippen LogP contribution in [0.15, 0.2) is 24.3 Å². The van der Waals surface area contributed by atoms with E-state index < -0.39 is 5.72 Å². The molecule has 0 aromatic heterocycles. The van der Waals surface area contributed by atoms with Crippen molar-refractivity contribution in [2.75, 3.05) is 20.3 Å². The van der Waals surface area contributed by atoms with Crippen molar-refractivity contribution in [1.82, 2.24) is 0 Å². The van der Waals surface area contributed by atoms with E-state index in [0.717, 1.165) is 96.3 Å². The summed E-state index contributed by atoms with van der Waals surface area (Å²) in [6.07, 6.45) is 34.8. The van der Waals surface area contributed by atoms with Crippen LogP contribution in [0.4, 0.5) is 0 Å². The van der Waals surface area contributed by atoms with Crippen LogP contribution in [-0.2, 0) is 23.8 Å². The van der Waals surface area contributed by atoms with E-state index in [2.05, 4.69) is 26.0 Å². The van der Waals surface area contributed by atoms with Gasteiger partial charge in [0.05, 0.1) is 0 Å². The van der Waals surface area contributed by atoms with Gasteiger partial charge in [-0.15, -0.1) is 0 Å². The normalized spacial score (nSPS) is 13.1. The van der Waals surface area contributed by atoms with E-state index in [9.17, 15) is 9.59 Å². The van der Waals surface area contributed by atoms with Gasteiger partial charge in [-0.2, -0.15) is 0 Å². The van der Waals surface area contributed by atoms with Crippen LogP contribution in [-0.4, -0.2) is 38.0 Å². The van der Waals surface area contributed by atoms with Crippen molar-refractivity contribution in [3.8, 4) is 0 Å². The fraction of sp³-hybridized carbons (Fsp3) is 0.838. The molecule has 0 saturated carbocycles. The maximum absolute atomic E-state index is 11.9. The zero-order valence-corrected chi connectivity index (χ0v) is 28.5. The first-order valence-electron chi connectivity index (χ1n) is 17.9. The number of unbranched alkanes of at least 4 members (excludes halogenated alkanes) is 17. The van der Waals surface area contributed by atoms with E-state index in [1.165, 1.54) is 51.4 Å². The Kier molecular flexibility index (Phi) is 30.5. The minimum absolute atomic E-state index is 0.0853. The number of hydrogen-bond donors (Lipinski definition) is 1. The molecule has 6 nitrogen and oxygen atoms in total. The van der Waals surface area contributed by atoms with Crippen molar-refractivity contribution in [2.24, 2.45) is 5.73 Å². The molecule has 0 radical (unpaired) electrons. The molecule has 0 aromatic carbocycles. The van der Waals surface area contributed by atoms with E-state index in [4.69, 9.17) is 19.9 Å². The third-order valence-corrected chi connectivity index (χ3v) is 8.08. The molecule has 1 unspecified atom stereocenters. The lowest BCUT2D eigenvalue weighted by Gasteiger charge is -2.28. The first-order valence-corrected chi connectivity index (χ1v) is 17.9. The molecule has 2 N–H and O–H groups in total. The van der Waals surface area contributed by atoms with Gasteiger partial charge in [0.2, 0.25) is 0 Å². The van der Waals surface area contributed by atoms with Crippen LogP contribution in [0.2, 0.25) is 0 Å². The number of rotatable bonds is 32. The van der Waals surface area contributed by atoms with Crippen LogP contribution < -0.4 is 5.73 Å². The zero-order chi connectivity index (χ0) is 31.7. The summed E-state index contributed by atoms with van der Waals surface area (Å²) in [5.41, 5.74) is 5.97. The molecule has 0 aliphatic carbocycles. The maximum Gasteiger partial charge on any atom is 0.306 e. The molecule has 0 bridgehead atoms. The second-order valence-corrected chi connectivity index (χ2v) is 12.2. The summed E-state index contributed by atoms with van der Waals surface area (Å²) in [7, 11) is 1.72. The predicted molar refractivity (Wildman–Crippen MR) is 181 cm³/mol.